The molecule has 0 radical (unpaired) electrons. The Morgan fingerprint density at radius 3 is 2.54 bits per heavy atom. The minimum atomic E-state index is -0.325. The molecule has 1 unspecified atom stereocenters. The van der Waals surface area contributed by atoms with Gasteiger partial charge in [-0.3, -0.25) is 4.79 Å². The lowest BCUT2D eigenvalue weighted by Crippen LogP contribution is -2.37. The quantitative estimate of drug-likeness (QED) is 0.624. The van der Waals surface area contributed by atoms with E-state index in [2.05, 4.69) is 15.9 Å². The van der Waals surface area contributed by atoms with Crippen LogP contribution in [0.4, 0.5) is 4.39 Å². The molecular weight excluding hydrogens is 429 g/mol. The summed E-state index contributed by atoms with van der Waals surface area (Å²) in [5.41, 5.74) is 1.16. The molecule has 28 heavy (non-hydrogen) atoms. The van der Waals surface area contributed by atoms with E-state index in [-0.39, 0.29) is 24.4 Å². The first-order valence-electron chi connectivity index (χ1n) is 9.08. The third kappa shape index (κ3) is 4.83. The molecule has 0 aromatic heterocycles. The van der Waals surface area contributed by atoms with Crippen LogP contribution in [0.2, 0.25) is 0 Å². The van der Waals surface area contributed by atoms with Gasteiger partial charge in [0.15, 0.2) is 0 Å². The zero-order valence-corrected chi connectivity index (χ0v) is 17.5. The monoisotopic (exact) mass is 451 g/mol. The second-order valence-electron chi connectivity index (χ2n) is 6.65. The van der Waals surface area contributed by atoms with Gasteiger partial charge in [0.1, 0.15) is 21.8 Å². The van der Waals surface area contributed by atoms with Crippen LogP contribution >= 0.6 is 15.9 Å². The first-order valence-corrected chi connectivity index (χ1v) is 9.88. The molecule has 1 saturated heterocycles. The van der Waals surface area contributed by atoms with E-state index in [9.17, 15) is 9.18 Å². The molecule has 0 bridgehead atoms. The molecule has 3 rings (SSSR count). The third-order valence-corrected chi connectivity index (χ3v) is 5.47. The number of carbonyl (C=O) groups excluding carboxylic acids is 1. The van der Waals surface area contributed by atoms with Gasteiger partial charge in [-0.05, 0) is 58.6 Å². The number of hydrogen-bond acceptors (Lipinski definition) is 4. The largest absolute Gasteiger partial charge is 0.495 e. The molecule has 2 aromatic rings. The highest BCUT2D eigenvalue weighted by Crippen LogP contribution is 2.36. The summed E-state index contributed by atoms with van der Waals surface area (Å²) in [5.74, 6) is 0.494. The van der Waals surface area contributed by atoms with Crippen LogP contribution in [-0.4, -0.2) is 44.3 Å². The standard InChI is InChI=1S/C21H23BrFNO4/c1-26-18-10-15(11-19(27-2)20(18)22)21(25)24(13-17-7-4-8-28-17)12-14-5-3-6-16(23)9-14/h3,5-6,9-11,17H,4,7-8,12-13H2,1-2H3. The number of methoxy groups -OCH3 is 2. The predicted octanol–water partition coefficient (Wildman–Crippen LogP) is 4.43. The van der Waals surface area contributed by atoms with Crippen molar-refractivity contribution in [2.45, 2.75) is 25.5 Å². The Labute approximate surface area is 172 Å². The lowest BCUT2D eigenvalue weighted by molar-refractivity contribution is 0.0506. The van der Waals surface area contributed by atoms with Gasteiger partial charge in [0.2, 0.25) is 0 Å². The first kappa shape index (κ1) is 20.6. The van der Waals surface area contributed by atoms with Crippen molar-refractivity contribution in [3.8, 4) is 11.5 Å². The van der Waals surface area contributed by atoms with Crippen LogP contribution in [-0.2, 0) is 11.3 Å². The number of hydrogen-bond donors (Lipinski definition) is 0. The zero-order valence-electron chi connectivity index (χ0n) is 15.9. The molecule has 0 saturated carbocycles. The summed E-state index contributed by atoms with van der Waals surface area (Å²) in [7, 11) is 3.06. The van der Waals surface area contributed by atoms with Crippen LogP contribution in [0.15, 0.2) is 40.9 Å². The van der Waals surface area contributed by atoms with Gasteiger partial charge in [-0.25, -0.2) is 4.39 Å². The van der Waals surface area contributed by atoms with E-state index >= 15 is 0 Å². The number of rotatable bonds is 7. The Bertz CT molecular complexity index is 814. The van der Waals surface area contributed by atoms with E-state index in [1.54, 1.807) is 23.1 Å². The van der Waals surface area contributed by atoms with Crippen molar-refractivity contribution >= 4 is 21.8 Å². The van der Waals surface area contributed by atoms with Gasteiger partial charge in [-0.15, -0.1) is 0 Å². The molecule has 1 atom stereocenters. The van der Waals surface area contributed by atoms with Gasteiger partial charge in [0.25, 0.3) is 5.91 Å². The van der Waals surface area contributed by atoms with Crippen LogP contribution in [0.3, 0.4) is 0 Å². The van der Waals surface area contributed by atoms with Crippen LogP contribution in [0.25, 0.3) is 0 Å². The highest BCUT2D eigenvalue weighted by atomic mass is 79.9. The van der Waals surface area contributed by atoms with Crippen molar-refractivity contribution < 1.29 is 23.4 Å². The number of ether oxygens (including phenoxy) is 3. The van der Waals surface area contributed by atoms with Crippen molar-refractivity contribution in [3.63, 3.8) is 0 Å². The molecule has 2 aromatic carbocycles. The smallest absolute Gasteiger partial charge is 0.254 e. The SMILES string of the molecule is COc1cc(C(=O)N(Cc2cccc(F)c2)CC2CCCO2)cc(OC)c1Br. The summed E-state index contributed by atoms with van der Waals surface area (Å²) in [6.07, 6.45) is 1.86. The van der Waals surface area contributed by atoms with E-state index in [0.717, 1.165) is 18.4 Å². The average molecular weight is 452 g/mol. The fourth-order valence-corrected chi connectivity index (χ4v) is 3.84. The van der Waals surface area contributed by atoms with Gasteiger partial charge in [0.05, 0.1) is 20.3 Å². The Hall–Kier alpha value is -2.12. The molecule has 1 aliphatic rings. The van der Waals surface area contributed by atoms with Crippen LogP contribution in [0.1, 0.15) is 28.8 Å². The maximum absolute atomic E-state index is 13.6. The lowest BCUT2D eigenvalue weighted by atomic mass is 10.1. The third-order valence-electron chi connectivity index (χ3n) is 4.69. The summed E-state index contributed by atoms with van der Waals surface area (Å²) in [5, 5.41) is 0. The molecular formula is C21H23BrFNO4. The fraction of sp³-hybridized carbons (Fsp3) is 0.381. The summed E-state index contributed by atoms with van der Waals surface area (Å²) < 4.78 is 30.7. The van der Waals surface area contributed by atoms with Gasteiger partial charge < -0.3 is 19.1 Å². The predicted molar refractivity (Wildman–Crippen MR) is 107 cm³/mol. The second kappa shape index (κ2) is 9.39. The van der Waals surface area contributed by atoms with Gasteiger partial charge in [-0.2, -0.15) is 0 Å². The summed E-state index contributed by atoms with van der Waals surface area (Å²) in [6, 6.07) is 9.62. The molecule has 1 heterocycles. The fourth-order valence-electron chi connectivity index (χ4n) is 3.28. The highest BCUT2D eigenvalue weighted by Gasteiger charge is 2.25. The van der Waals surface area contributed by atoms with E-state index in [0.29, 0.717) is 34.7 Å². The Kier molecular flexibility index (Phi) is 6.91. The van der Waals surface area contributed by atoms with Crippen LogP contribution < -0.4 is 9.47 Å². The molecule has 1 fully saturated rings. The van der Waals surface area contributed by atoms with Crippen LogP contribution in [0, 0.1) is 5.82 Å². The van der Waals surface area contributed by atoms with E-state index in [4.69, 9.17) is 14.2 Å². The Balaban J connectivity index is 1.91. The van der Waals surface area contributed by atoms with Crippen molar-refractivity contribution in [1.29, 1.82) is 0 Å². The molecule has 1 aliphatic heterocycles. The number of benzene rings is 2. The number of amides is 1. The maximum Gasteiger partial charge on any atom is 0.254 e. The van der Waals surface area contributed by atoms with Crippen molar-refractivity contribution in [1.82, 2.24) is 4.90 Å². The minimum absolute atomic E-state index is 0.0169. The second-order valence-corrected chi connectivity index (χ2v) is 7.44. The maximum atomic E-state index is 13.6. The normalized spacial score (nSPS) is 16.1. The van der Waals surface area contributed by atoms with Crippen molar-refractivity contribution in [2.75, 3.05) is 27.4 Å². The van der Waals surface area contributed by atoms with Gasteiger partial charge >= 0.3 is 0 Å². The van der Waals surface area contributed by atoms with E-state index in [1.807, 2.05) is 6.07 Å². The van der Waals surface area contributed by atoms with E-state index in [1.165, 1.54) is 26.4 Å². The van der Waals surface area contributed by atoms with Crippen LogP contribution in [0.5, 0.6) is 11.5 Å². The lowest BCUT2D eigenvalue weighted by Gasteiger charge is -2.26. The summed E-state index contributed by atoms with van der Waals surface area (Å²) in [4.78, 5) is 15.0. The molecule has 0 aliphatic carbocycles. The first-order chi connectivity index (χ1) is 13.5. The van der Waals surface area contributed by atoms with Gasteiger partial charge in [0, 0.05) is 25.3 Å². The van der Waals surface area contributed by atoms with Crippen molar-refractivity contribution in [3.05, 3.63) is 57.8 Å². The minimum Gasteiger partial charge on any atom is -0.495 e. The number of nitrogens with zero attached hydrogens (tertiary/aromatic N) is 1. The van der Waals surface area contributed by atoms with Crippen molar-refractivity contribution in [2.24, 2.45) is 0 Å². The Morgan fingerprint density at radius 2 is 1.96 bits per heavy atom. The molecule has 150 valence electrons. The molecule has 1 amide bonds. The average Bonchev–Trinajstić information content (AvgIpc) is 3.20. The summed E-state index contributed by atoms with van der Waals surface area (Å²) >= 11 is 3.42. The Morgan fingerprint density at radius 1 is 1.25 bits per heavy atom. The molecule has 0 spiro atoms. The molecule has 0 N–H and O–H groups in total. The number of halogens is 2. The highest BCUT2D eigenvalue weighted by molar-refractivity contribution is 9.10. The summed E-state index contributed by atoms with van der Waals surface area (Å²) in [6.45, 7) is 1.43. The zero-order chi connectivity index (χ0) is 20.1. The van der Waals surface area contributed by atoms with Gasteiger partial charge in [-0.1, -0.05) is 12.1 Å². The van der Waals surface area contributed by atoms with E-state index < -0.39 is 0 Å². The number of carbonyl (C=O) groups is 1. The molecule has 7 heteroatoms. The molecule has 5 nitrogen and oxygen atoms in total. The topological polar surface area (TPSA) is 48.0 Å².